The molecular formula is C21H19Cl2NO2. The Bertz CT molecular complexity index is 885. The second-order valence-electron chi connectivity index (χ2n) is 7.24. The minimum atomic E-state index is -1.89. The van der Waals surface area contributed by atoms with Crippen molar-refractivity contribution in [2.45, 2.75) is 25.6 Å². The smallest absolute Gasteiger partial charge is 0.265 e. The van der Waals surface area contributed by atoms with E-state index in [0.29, 0.717) is 16.9 Å². The molecule has 1 heterocycles. The standard InChI is InChI=1S/C21H19Cl2NO2/c1-20(2,3)17-16(22)18(25)21(23,14-10-6-4-7-11-14)19(26)24(17)15-12-8-5-9-13-15/h4-13H,1-3H3/t21-/m1/s1. The van der Waals surface area contributed by atoms with E-state index < -0.39 is 22.0 Å². The number of allylic oxidation sites excluding steroid dienone is 2. The summed E-state index contributed by atoms with van der Waals surface area (Å²) >= 11 is 13.2. The summed E-state index contributed by atoms with van der Waals surface area (Å²) in [5.74, 6) is -1.11. The molecule has 3 rings (SSSR count). The molecule has 5 heteroatoms. The maximum Gasteiger partial charge on any atom is 0.265 e. The van der Waals surface area contributed by atoms with Crippen LogP contribution in [-0.4, -0.2) is 11.7 Å². The predicted octanol–water partition coefficient (Wildman–Crippen LogP) is 5.23. The van der Waals surface area contributed by atoms with Crippen LogP contribution in [0.25, 0.3) is 0 Å². The summed E-state index contributed by atoms with van der Waals surface area (Å²) in [5, 5.41) is -0.0141. The van der Waals surface area contributed by atoms with E-state index in [1.165, 1.54) is 4.90 Å². The van der Waals surface area contributed by atoms with Gasteiger partial charge in [0.1, 0.15) is 5.03 Å². The summed E-state index contributed by atoms with van der Waals surface area (Å²) in [6, 6.07) is 17.7. The third-order valence-electron chi connectivity index (χ3n) is 4.34. The van der Waals surface area contributed by atoms with Crippen LogP contribution in [0.1, 0.15) is 26.3 Å². The summed E-state index contributed by atoms with van der Waals surface area (Å²) in [6.07, 6.45) is 0. The molecule has 0 radical (unpaired) electrons. The highest BCUT2D eigenvalue weighted by Gasteiger charge is 2.55. The normalized spacial score (nSPS) is 21.3. The zero-order valence-corrected chi connectivity index (χ0v) is 16.3. The second-order valence-corrected chi connectivity index (χ2v) is 8.19. The molecule has 0 aromatic heterocycles. The Morgan fingerprint density at radius 2 is 1.38 bits per heavy atom. The number of para-hydroxylation sites is 1. The van der Waals surface area contributed by atoms with E-state index in [4.69, 9.17) is 23.2 Å². The van der Waals surface area contributed by atoms with E-state index in [0.717, 1.165) is 0 Å². The lowest BCUT2D eigenvalue weighted by Crippen LogP contribution is -2.54. The van der Waals surface area contributed by atoms with Gasteiger partial charge in [0.05, 0.1) is 5.70 Å². The van der Waals surface area contributed by atoms with Gasteiger partial charge < -0.3 is 0 Å². The van der Waals surface area contributed by atoms with Crippen LogP contribution in [0.4, 0.5) is 5.69 Å². The fraction of sp³-hybridized carbons (Fsp3) is 0.238. The van der Waals surface area contributed by atoms with Crippen molar-refractivity contribution in [2.24, 2.45) is 5.41 Å². The number of carbonyl (C=O) groups is 2. The van der Waals surface area contributed by atoms with Gasteiger partial charge in [0.15, 0.2) is 0 Å². The van der Waals surface area contributed by atoms with Gasteiger partial charge in [-0.15, -0.1) is 0 Å². The summed E-state index contributed by atoms with van der Waals surface area (Å²) in [5.41, 5.74) is 0.943. The molecule has 2 aromatic carbocycles. The number of carbonyl (C=O) groups excluding carboxylic acids is 2. The SMILES string of the molecule is CC(C)(C)C1=C(Cl)C(=O)[C@](Cl)(c2ccccc2)C(=O)N1c1ccccc1. The number of amides is 1. The zero-order chi connectivity index (χ0) is 19.1. The number of nitrogens with zero attached hydrogens (tertiary/aromatic N) is 1. The molecule has 2 aromatic rings. The Labute approximate surface area is 163 Å². The van der Waals surface area contributed by atoms with Crippen molar-refractivity contribution < 1.29 is 9.59 Å². The van der Waals surface area contributed by atoms with Crippen LogP contribution in [0, 0.1) is 5.41 Å². The first-order valence-corrected chi connectivity index (χ1v) is 9.03. The topological polar surface area (TPSA) is 37.4 Å². The predicted molar refractivity (Wildman–Crippen MR) is 105 cm³/mol. The third-order valence-corrected chi connectivity index (χ3v) is 5.24. The first-order chi connectivity index (χ1) is 12.2. The van der Waals surface area contributed by atoms with E-state index in [-0.39, 0.29) is 5.03 Å². The minimum Gasteiger partial charge on any atom is -0.290 e. The molecule has 0 saturated heterocycles. The molecule has 134 valence electrons. The number of ketones is 1. The van der Waals surface area contributed by atoms with Crippen molar-refractivity contribution in [3.63, 3.8) is 0 Å². The molecule has 0 aliphatic carbocycles. The third kappa shape index (κ3) is 2.85. The number of anilines is 1. The minimum absolute atomic E-state index is 0.0141. The van der Waals surface area contributed by atoms with E-state index in [9.17, 15) is 9.59 Å². The van der Waals surface area contributed by atoms with Crippen molar-refractivity contribution in [1.29, 1.82) is 0 Å². The average Bonchev–Trinajstić information content (AvgIpc) is 2.63. The highest BCUT2D eigenvalue weighted by atomic mass is 35.5. The van der Waals surface area contributed by atoms with Crippen LogP contribution in [-0.2, 0) is 14.5 Å². The average molecular weight is 388 g/mol. The number of rotatable bonds is 2. The summed E-state index contributed by atoms with van der Waals surface area (Å²) < 4.78 is 0. The monoisotopic (exact) mass is 387 g/mol. The number of benzene rings is 2. The first kappa shape index (κ1) is 18.7. The van der Waals surface area contributed by atoms with Gasteiger partial charge in [-0.2, -0.15) is 0 Å². The lowest BCUT2D eigenvalue weighted by atomic mass is 9.81. The maximum atomic E-state index is 13.5. The zero-order valence-electron chi connectivity index (χ0n) is 14.8. The Kier molecular flexibility index (Phi) is 4.72. The van der Waals surface area contributed by atoms with Gasteiger partial charge in [-0.1, -0.05) is 92.5 Å². The highest BCUT2D eigenvalue weighted by molar-refractivity contribution is 6.58. The molecule has 1 amide bonds. The van der Waals surface area contributed by atoms with Crippen molar-refractivity contribution in [3.8, 4) is 0 Å². The number of halogens is 2. The van der Waals surface area contributed by atoms with Crippen LogP contribution in [0.5, 0.6) is 0 Å². The van der Waals surface area contributed by atoms with E-state index in [1.807, 2.05) is 39.0 Å². The molecule has 1 aliphatic rings. The largest absolute Gasteiger partial charge is 0.290 e. The Hall–Kier alpha value is -2.10. The highest BCUT2D eigenvalue weighted by Crippen LogP contribution is 2.47. The second kappa shape index (κ2) is 6.57. The van der Waals surface area contributed by atoms with Gasteiger partial charge in [-0.3, -0.25) is 14.5 Å². The molecule has 0 spiro atoms. The molecule has 1 aliphatic heterocycles. The molecule has 3 nitrogen and oxygen atoms in total. The van der Waals surface area contributed by atoms with Gasteiger partial charge in [0.25, 0.3) is 5.91 Å². The van der Waals surface area contributed by atoms with Crippen molar-refractivity contribution in [2.75, 3.05) is 4.90 Å². The van der Waals surface area contributed by atoms with Crippen molar-refractivity contribution in [3.05, 3.63) is 77.0 Å². The van der Waals surface area contributed by atoms with Crippen molar-refractivity contribution in [1.82, 2.24) is 0 Å². The molecule has 26 heavy (non-hydrogen) atoms. The lowest BCUT2D eigenvalue weighted by Gasteiger charge is -2.42. The van der Waals surface area contributed by atoms with Crippen LogP contribution in [0.2, 0.25) is 0 Å². The van der Waals surface area contributed by atoms with Crippen LogP contribution < -0.4 is 4.90 Å². The van der Waals surface area contributed by atoms with E-state index in [2.05, 4.69) is 0 Å². The lowest BCUT2D eigenvalue weighted by molar-refractivity contribution is -0.129. The van der Waals surface area contributed by atoms with Gasteiger partial charge in [0, 0.05) is 11.1 Å². The van der Waals surface area contributed by atoms with Crippen LogP contribution in [0.15, 0.2) is 71.4 Å². The molecule has 0 unspecified atom stereocenters. The van der Waals surface area contributed by atoms with Gasteiger partial charge >= 0.3 is 0 Å². The Morgan fingerprint density at radius 3 is 1.88 bits per heavy atom. The fourth-order valence-electron chi connectivity index (χ4n) is 3.12. The molecule has 0 bridgehead atoms. The summed E-state index contributed by atoms with van der Waals surface area (Å²) in [7, 11) is 0. The van der Waals surface area contributed by atoms with E-state index in [1.54, 1.807) is 42.5 Å². The van der Waals surface area contributed by atoms with E-state index >= 15 is 0 Å². The van der Waals surface area contributed by atoms with Crippen molar-refractivity contribution >= 4 is 40.6 Å². The quantitative estimate of drug-likeness (QED) is 0.522. The summed E-state index contributed by atoms with van der Waals surface area (Å²) in [4.78, 5) is 26.3. The van der Waals surface area contributed by atoms with Gasteiger partial charge in [-0.25, -0.2) is 0 Å². The van der Waals surface area contributed by atoms with Crippen LogP contribution in [0.3, 0.4) is 0 Å². The Morgan fingerprint density at radius 1 is 0.885 bits per heavy atom. The molecule has 1 atom stereocenters. The number of Topliss-reactive ketones (excluding diaryl/α,β-unsaturated/α-hetero) is 1. The van der Waals surface area contributed by atoms with Gasteiger partial charge in [-0.05, 0) is 17.7 Å². The number of alkyl halides is 1. The molecule has 0 N–H and O–H groups in total. The molecular weight excluding hydrogens is 369 g/mol. The maximum absolute atomic E-state index is 13.5. The summed E-state index contributed by atoms with van der Waals surface area (Å²) in [6.45, 7) is 5.72. The fourth-order valence-corrected chi connectivity index (χ4v) is 3.98. The molecule has 0 saturated carbocycles. The van der Waals surface area contributed by atoms with Gasteiger partial charge in [0.2, 0.25) is 10.7 Å². The number of hydrogen-bond acceptors (Lipinski definition) is 2. The van der Waals surface area contributed by atoms with Crippen LogP contribution >= 0.6 is 23.2 Å². The Balaban J connectivity index is 2.31. The first-order valence-electron chi connectivity index (χ1n) is 8.28. The molecule has 0 fully saturated rings. The number of hydrogen-bond donors (Lipinski definition) is 0.